The van der Waals surface area contributed by atoms with Crippen LogP contribution >= 0.6 is 35.3 Å². The fraction of sp³-hybridized carbons (Fsp3) is 0.688. The fourth-order valence-corrected chi connectivity index (χ4v) is 3.37. The van der Waals surface area contributed by atoms with Crippen molar-refractivity contribution >= 4 is 47.2 Å². The molecule has 1 fully saturated rings. The predicted molar refractivity (Wildman–Crippen MR) is 111 cm³/mol. The number of nitrogens with zero attached hydrogens (tertiary/aromatic N) is 3. The predicted octanol–water partition coefficient (Wildman–Crippen LogP) is 2.50. The van der Waals surface area contributed by atoms with Gasteiger partial charge in [-0.1, -0.05) is 13.8 Å². The van der Waals surface area contributed by atoms with Gasteiger partial charge < -0.3 is 15.5 Å². The number of hydrogen-bond acceptors (Lipinski definition) is 4. The van der Waals surface area contributed by atoms with Crippen molar-refractivity contribution in [3.8, 4) is 0 Å². The third-order valence-electron chi connectivity index (χ3n) is 3.92. The third-order valence-corrected chi connectivity index (χ3v) is 4.85. The highest BCUT2D eigenvalue weighted by molar-refractivity contribution is 14.0. The molecule has 1 aliphatic rings. The molecule has 1 amide bonds. The van der Waals surface area contributed by atoms with Crippen LogP contribution in [0, 0.1) is 12.3 Å². The van der Waals surface area contributed by atoms with Crippen molar-refractivity contribution in [1.29, 1.82) is 0 Å². The second-order valence-corrected chi connectivity index (χ2v) is 7.45. The van der Waals surface area contributed by atoms with Crippen molar-refractivity contribution < 1.29 is 4.79 Å². The Kier molecular flexibility index (Phi) is 8.41. The summed E-state index contributed by atoms with van der Waals surface area (Å²) in [6, 6.07) is 0. The van der Waals surface area contributed by atoms with E-state index in [1.807, 2.05) is 6.92 Å². The van der Waals surface area contributed by atoms with Crippen LogP contribution in [0.3, 0.4) is 0 Å². The van der Waals surface area contributed by atoms with Crippen LogP contribution in [0.5, 0.6) is 0 Å². The van der Waals surface area contributed by atoms with Gasteiger partial charge in [-0.3, -0.25) is 9.79 Å². The van der Waals surface area contributed by atoms with Crippen LogP contribution in [0.15, 0.2) is 10.5 Å². The van der Waals surface area contributed by atoms with E-state index in [2.05, 4.69) is 46.3 Å². The molecule has 0 radical (unpaired) electrons. The smallest absolute Gasteiger partial charge is 0.263 e. The van der Waals surface area contributed by atoms with E-state index >= 15 is 0 Å². The molecule has 1 aromatic heterocycles. The highest BCUT2D eigenvalue weighted by Gasteiger charge is 2.30. The second kappa shape index (κ2) is 9.55. The molecule has 6 nitrogen and oxygen atoms in total. The largest absolute Gasteiger partial charge is 0.357 e. The number of amides is 1. The Bertz CT molecular complexity index is 573. The van der Waals surface area contributed by atoms with Gasteiger partial charge in [0, 0.05) is 26.2 Å². The summed E-state index contributed by atoms with van der Waals surface area (Å²) >= 11 is 1.37. The molecule has 1 aliphatic heterocycles. The first-order valence-corrected chi connectivity index (χ1v) is 9.02. The zero-order valence-corrected chi connectivity index (χ0v) is 18.0. The Balaban J connectivity index is 0.00000288. The summed E-state index contributed by atoms with van der Waals surface area (Å²) in [6.07, 6.45) is 1.18. The number of aliphatic imine (C=N–C) groups is 1. The Morgan fingerprint density at radius 1 is 1.46 bits per heavy atom. The Morgan fingerprint density at radius 2 is 2.21 bits per heavy atom. The van der Waals surface area contributed by atoms with E-state index < -0.39 is 0 Å². The normalized spacial score (nSPS) is 16.7. The fourth-order valence-electron chi connectivity index (χ4n) is 2.65. The van der Waals surface area contributed by atoms with E-state index in [0.717, 1.165) is 31.3 Å². The monoisotopic (exact) mass is 465 g/mol. The molecule has 0 aliphatic carbocycles. The van der Waals surface area contributed by atoms with Gasteiger partial charge in [-0.05, 0) is 25.7 Å². The molecule has 1 saturated heterocycles. The van der Waals surface area contributed by atoms with E-state index in [-0.39, 0.29) is 29.9 Å². The molecule has 0 atom stereocenters. The maximum absolute atomic E-state index is 12.0. The molecular weight excluding hydrogens is 437 g/mol. The van der Waals surface area contributed by atoms with E-state index in [9.17, 15) is 4.79 Å². The van der Waals surface area contributed by atoms with Crippen molar-refractivity contribution in [3.05, 3.63) is 16.1 Å². The number of halogens is 1. The number of likely N-dealkylation sites (tertiary alicyclic amines) is 1. The number of nitrogens with one attached hydrogen (secondary N) is 2. The molecule has 8 heteroatoms. The number of guanidine groups is 1. The summed E-state index contributed by atoms with van der Waals surface area (Å²) in [7, 11) is 0. The topological polar surface area (TPSA) is 69.6 Å². The minimum Gasteiger partial charge on any atom is -0.357 e. The zero-order chi connectivity index (χ0) is 16.9. The number of rotatable bonds is 5. The van der Waals surface area contributed by atoms with Crippen molar-refractivity contribution in [3.63, 3.8) is 0 Å². The lowest BCUT2D eigenvalue weighted by Gasteiger charge is -2.23. The van der Waals surface area contributed by atoms with Gasteiger partial charge in [0.15, 0.2) is 5.96 Å². The van der Waals surface area contributed by atoms with E-state index in [4.69, 9.17) is 0 Å². The van der Waals surface area contributed by atoms with Crippen LogP contribution in [-0.4, -0.2) is 54.5 Å². The molecule has 2 heterocycles. The van der Waals surface area contributed by atoms with Crippen molar-refractivity contribution in [2.24, 2.45) is 10.4 Å². The molecule has 0 aromatic carbocycles. The third kappa shape index (κ3) is 5.87. The van der Waals surface area contributed by atoms with Gasteiger partial charge in [-0.2, -0.15) is 0 Å². The molecule has 0 saturated carbocycles. The average molecular weight is 465 g/mol. The number of carbonyl (C=O) groups is 1. The standard InChI is InChI=1S/C16H27N5OS.HI/c1-5-17-15(21-9-6-16(3,4)10-21)19-8-7-18-14(22)13-12(2)20-11-23-13;/h11H,5-10H2,1-4H3,(H,17,19)(H,18,22);1H. The highest BCUT2D eigenvalue weighted by atomic mass is 127. The van der Waals surface area contributed by atoms with E-state index in [1.54, 1.807) is 5.51 Å². The lowest BCUT2D eigenvalue weighted by atomic mass is 9.93. The maximum Gasteiger partial charge on any atom is 0.263 e. The summed E-state index contributed by atoms with van der Waals surface area (Å²) in [4.78, 5) is 23.7. The number of thiazole rings is 1. The lowest BCUT2D eigenvalue weighted by Crippen LogP contribution is -2.41. The van der Waals surface area contributed by atoms with Crippen LogP contribution in [-0.2, 0) is 0 Å². The average Bonchev–Trinajstić information content (AvgIpc) is 3.07. The van der Waals surface area contributed by atoms with Gasteiger partial charge in [0.05, 0.1) is 17.7 Å². The van der Waals surface area contributed by atoms with Gasteiger partial charge in [0.1, 0.15) is 4.88 Å². The number of aromatic nitrogens is 1. The van der Waals surface area contributed by atoms with Crippen molar-refractivity contribution in [2.45, 2.75) is 34.1 Å². The SMILES string of the molecule is CCNC(=NCCNC(=O)c1scnc1C)N1CCC(C)(C)C1.I. The summed E-state index contributed by atoms with van der Waals surface area (Å²) in [5.74, 6) is 0.883. The van der Waals surface area contributed by atoms with Gasteiger partial charge in [0.25, 0.3) is 5.91 Å². The molecule has 0 unspecified atom stereocenters. The summed E-state index contributed by atoms with van der Waals surface area (Å²) < 4.78 is 0. The molecule has 24 heavy (non-hydrogen) atoms. The lowest BCUT2D eigenvalue weighted by molar-refractivity contribution is 0.0958. The van der Waals surface area contributed by atoms with Crippen LogP contribution in [0.25, 0.3) is 0 Å². The Hall–Kier alpha value is -0.900. The number of aryl methyl sites for hydroxylation is 1. The van der Waals surface area contributed by atoms with E-state index in [0.29, 0.717) is 23.4 Å². The highest BCUT2D eigenvalue weighted by Crippen LogP contribution is 2.28. The maximum atomic E-state index is 12.0. The first-order chi connectivity index (χ1) is 10.9. The van der Waals surface area contributed by atoms with Crippen molar-refractivity contribution in [2.75, 3.05) is 32.7 Å². The second-order valence-electron chi connectivity index (χ2n) is 6.59. The first kappa shape index (κ1) is 21.1. The minimum absolute atomic E-state index is 0. The first-order valence-electron chi connectivity index (χ1n) is 8.14. The summed E-state index contributed by atoms with van der Waals surface area (Å²) in [6.45, 7) is 12.5. The molecular formula is C16H28IN5OS. The van der Waals surface area contributed by atoms with Crippen LogP contribution in [0.2, 0.25) is 0 Å². The zero-order valence-electron chi connectivity index (χ0n) is 14.9. The molecule has 1 aromatic rings. The van der Waals surface area contributed by atoms with Gasteiger partial charge in [-0.25, -0.2) is 4.98 Å². The quantitative estimate of drug-likeness (QED) is 0.304. The Morgan fingerprint density at radius 3 is 2.75 bits per heavy atom. The van der Waals surface area contributed by atoms with Crippen LogP contribution in [0.1, 0.15) is 42.6 Å². The van der Waals surface area contributed by atoms with Crippen LogP contribution < -0.4 is 10.6 Å². The molecule has 136 valence electrons. The van der Waals surface area contributed by atoms with Gasteiger partial charge in [0.2, 0.25) is 0 Å². The van der Waals surface area contributed by atoms with Crippen LogP contribution in [0.4, 0.5) is 0 Å². The molecule has 0 spiro atoms. The minimum atomic E-state index is -0.0625. The molecule has 2 rings (SSSR count). The number of carbonyl (C=O) groups excluding carboxylic acids is 1. The molecule has 2 N–H and O–H groups in total. The molecule has 0 bridgehead atoms. The summed E-state index contributed by atoms with van der Waals surface area (Å²) in [5.41, 5.74) is 2.82. The van der Waals surface area contributed by atoms with Crippen molar-refractivity contribution in [1.82, 2.24) is 20.5 Å². The Labute approximate surface area is 165 Å². The van der Waals surface area contributed by atoms with E-state index in [1.165, 1.54) is 17.8 Å². The number of hydrogen-bond donors (Lipinski definition) is 2. The van der Waals surface area contributed by atoms with Gasteiger partial charge >= 0.3 is 0 Å². The summed E-state index contributed by atoms with van der Waals surface area (Å²) in [5, 5.41) is 6.25. The van der Waals surface area contributed by atoms with Gasteiger partial charge in [-0.15, -0.1) is 35.3 Å².